The van der Waals surface area contributed by atoms with Crippen molar-refractivity contribution < 1.29 is 19.1 Å². The zero-order valence-corrected chi connectivity index (χ0v) is 11.2. The van der Waals surface area contributed by atoms with Crippen molar-refractivity contribution in [3.63, 3.8) is 0 Å². The maximum atomic E-state index is 12.3. The van der Waals surface area contributed by atoms with E-state index in [4.69, 9.17) is 9.52 Å². The Morgan fingerprint density at radius 2 is 1.95 bits per heavy atom. The number of carboxylic acid groups (broad SMARTS) is 1. The van der Waals surface area contributed by atoms with Gasteiger partial charge in [0.2, 0.25) is 5.76 Å². The van der Waals surface area contributed by atoms with Crippen molar-refractivity contribution >= 4 is 11.9 Å². The molecule has 2 aliphatic rings. The summed E-state index contributed by atoms with van der Waals surface area (Å²) in [6.45, 7) is 3.40. The first-order valence-corrected chi connectivity index (χ1v) is 7.01. The summed E-state index contributed by atoms with van der Waals surface area (Å²) >= 11 is 0. The summed E-state index contributed by atoms with van der Waals surface area (Å²) in [5.74, 6) is -1.43. The topological polar surface area (TPSA) is 74.0 Å². The molecule has 0 bridgehead atoms. The van der Waals surface area contributed by atoms with Gasteiger partial charge in [0, 0.05) is 25.7 Å². The number of hydrogen-bond donors (Lipinski definition) is 1. The Morgan fingerprint density at radius 1 is 1.15 bits per heavy atom. The van der Waals surface area contributed by atoms with Crippen LogP contribution in [0.25, 0.3) is 0 Å². The summed E-state index contributed by atoms with van der Waals surface area (Å²) in [6.07, 6.45) is 3.58. The molecule has 1 aromatic heterocycles. The first-order valence-electron chi connectivity index (χ1n) is 7.01. The first kappa shape index (κ1) is 13.2. The number of aromatic carboxylic acids is 1. The van der Waals surface area contributed by atoms with Gasteiger partial charge < -0.3 is 14.4 Å². The summed E-state index contributed by atoms with van der Waals surface area (Å²) in [5, 5.41) is 8.82. The van der Waals surface area contributed by atoms with E-state index < -0.39 is 5.97 Å². The predicted octanol–water partition coefficient (Wildman–Crippen LogP) is 1.29. The highest BCUT2D eigenvalue weighted by atomic mass is 16.4. The van der Waals surface area contributed by atoms with E-state index in [9.17, 15) is 9.59 Å². The van der Waals surface area contributed by atoms with Crippen LogP contribution in [-0.2, 0) is 0 Å². The number of rotatable bonds is 2. The molecule has 108 valence electrons. The lowest BCUT2D eigenvalue weighted by molar-refractivity contribution is 0.0348. The number of amides is 1. The van der Waals surface area contributed by atoms with Gasteiger partial charge >= 0.3 is 5.97 Å². The molecular formula is C14H18N2O4. The molecule has 0 saturated carbocycles. The van der Waals surface area contributed by atoms with Gasteiger partial charge in [-0.2, -0.15) is 0 Å². The molecule has 2 aliphatic heterocycles. The fourth-order valence-electron chi connectivity index (χ4n) is 3.06. The first-order chi connectivity index (χ1) is 9.65. The highest BCUT2D eigenvalue weighted by Crippen LogP contribution is 2.22. The smallest absolute Gasteiger partial charge is 0.371 e. The number of carboxylic acids is 1. The Morgan fingerprint density at radius 3 is 2.70 bits per heavy atom. The largest absolute Gasteiger partial charge is 0.475 e. The van der Waals surface area contributed by atoms with Gasteiger partial charge in [-0.3, -0.25) is 9.69 Å². The van der Waals surface area contributed by atoms with E-state index in [1.54, 1.807) is 4.90 Å². The van der Waals surface area contributed by atoms with Gasteiger partial charge in [0.15, 0.2) is 5.76 Å². The lowest BCUT2D eigenvalue weighted by Crippen LogP contribution is -2.56. The summed E-state index contributed by atoms with van der Waals surface area (Å²) in [4.78, 5) is 27.3. The molecule has 3 rings (SSSR count). The number of nitrogens with zero attached hydrogens (tertiary/aromatic N) is 2. The summed E-state index contributed by atoms with van der Waals surface area (Å²) in [5.41, 5.74) is 0. The number of piperazine rings is 1. The summed E-state index contributed by atoms with van der Waals surface area (Å²) < 4.78 is 5.09. The minimum absolute atomic E-state index is 0.117. The van der Waals surface area contributed by atoms with Gasteiger partial charge in [-0.1, -0.05) is 6.42 Å². The van der Waals surface area contributed by atoms with Crippen LogP contribution in [-0.4, -0.2) is 59.0 Å². The van der Waals surface area contributed by atoms with Crippen LogP contribution in [0.15, 0.2) is 16.5 Å². The number of hydrogen-bond acceptors (Lipinski definition) is 4. The van der Waals surface area contributed by atoms with Crippen molar-refractivity contribution in [2.24, 2.45) is 0 Å². The molecule has 1 aromatic rings. The fourth-order valence-corrected chi connectivity index (χ4v) is 3.06. The lowest BCUT2D eigenvalue weighted by atomic mass is 9.99. The molecule has 2 saturated heterocycles. The number of fused-ring (bicyclic) bond motifs is 1. The van der Waals surface area contributed by atoms with Gasteiger partial charge in [0.1, 0.15) is 0 Å². The average molecular weight is 278 g/mol. The van der Waals surface area contributed by atoms with Crippen LogP contribution in [0.3, 0.4) is 0 Å². The van der Waals surface area contributed by atoms with Crippen LogP contribution >= 0.6 is 0 Å². The predicted molar refractivity (Wildman–Crippen MR) is 70.8 cm³/mol. The van der Waals surface area contributed by atoms with Crippen molar-refractivity contribution in [1.82, 2.24) is 9.80 Å². The second-order valence-electron chi connectivity index (χ2n) is 5.41. The van der Waals surface area contributed by atoms with Gasteiger partial charge in [0.25, 0.3) is 5.91 Å². The quantitative estimate of drug-likeness (QED) is 0.882. The van der Waals surface area contributed by atoms with E-state index in [2.05, 4.69) is 4.90 Å². The van der Waals surface area contributed by atoms with Gasteiger partial charge in [-0.15, -0.1) is 0 Å². The molecule has 0 aliphatic carbocycles. The third-order valence-electron chi connectivity index (χ3n) is 4.15. The SMILES string of the molecule is O=C(O)c1ccc(C(=O)N2CCN3CCCCC3C2)o1. The minimum atomic E-state index is -1.15. The molecule has 3 heterocycles. The van der Waals surface area contributed by atoms with Gasteiger partial charge in [-0.25, -0.2) is 4.79 Å². The van der Waals surface area contributed by atoms with Crippen LogP contribution in [0, 0.1) is 0 Å². The molecule has 6 heteroatoms. The number of furan rings is 1. The number of piperidine rings is 1. The summed E-state index contributed by atoms with van der Waals surface area (Å²) in [6, 6.07) is 3.21. The molecule has 2 fully saturated rings. The van der Waals surface area contributed by atoms with E-state index in [0.717, 1.165) is 19.5 Å². The third-order valence-corrected chi connectivity index (χ3v) is 4.15. The Kier molecular flexibility index (Phi) is 3.48. The van der Waals surface area contributed by atoms with Crippen LogP contribution in [0.4, 0.5) is 0 Å². The van der Waals surface area contributed by atoms with E-state index in [-0.39, 0.29) is 17.4 Å². The zero-order valence-electron chi connectivity index (χ0n) is 11.2. The van der Waals surface area contributed by atoms with Gasteiger partial charge in [0.05, 0.1) is 0 Å². The summed E-state index contributed by atoms with van der Waals surface area (Å²) in [7, 11) is 0. The van der Waals surface area contributed by atoms with Crippen LogP contribution in [0.2, 0.25) is 0 Å². The molecule has 0 spiro atoms. The van der Waals surface area contributed by atoms with E-state index >= 15 is 0 Å². The molecule has 20 heavy (non-hydrogen) atoms. The maximum Gasteiger partial charge on any atom is 0.371 e. The highest BCUT2D eigenvalue weighted by Gasteiger charge is 2.32. The third kappa shape index (κ3) is 2.43. The van der Waals surface area contributed by atoms with E-state index in [0.29, 0.717) is 19.1 Å². The maximum absolute atomic E-state index is 12.3. The lowest BCUT2D eigenvalue weighted by Gasteiger charge is -2.43. The van der Waals surface area contributed by atoms with Crippen molar-refractivity contribution in [1.29, 1.82) is 0 Å². The molecule has 0 aromatic carbocycles. The van der Waals surface area contributed by atoms with Crippen LogP contribution < -0.4 is 0 Å². The Hall–Kier alpha value is -1.82. The molecule has 0 radical (unpaired) electrons. The zero-order chi connectivity index (χ0) is 14.1. The number of carbonyl (C=O) groups excluding carboxylic acids is 1. The second kappa shape index (κ2) is 5.28. The van der Waals surface area contributed by atoms with Crippen molar-refractivity contribution in [3.8, 4) is 0 Å². The Labute approximate surface area is 117 Å². The van der Waals surface area contributed by atoms with Crippen LogP contribution in [0.1, 0.15) is 40.4 Å². The molecule has 1 N–H and O–H groups in total. The normalized spacial score (nSPS) is 23.4. The van der Waals surface area contributed by atoms with E-state index in [1.807, 2.05) is 0 Å². The fraction of sp³-hybridized carbons (Fsp3) is 0.571. The molecule has 6 nitrogen and oxygen atoms in total. The second-order valence-corrected chi connectivity index (χ2v) is 5.41. The van der Waals surface area contributed by atoms with E-state index in [1.165, 1.54) is 25.0 Å². The molecular weight excluding hydrogens is 260 g/mol. The minimum Gasteiger partial charge on any atom is -0.475 e. The van der Waals surface area contributed by atoms with Gasteiger partial charge in [-0.05, 0) is 31.5 Å². The van der Waals surface area contributed by atoms with Crippen molar-refractivity contribution in [3.05, 3.63) is 23.7 Å². The average Bonchev–Trinajstić information content (AvgIpc) is 2.96. The Balaban J connectivity index is 1.69. The van der Waals surface area contributed by atoms with Crippen molar-refractivity contribution in [2.75, 3.05) is 26.2 Å². The highest BCUT2D eigenvalue weighted by molar-refractivity contribution is 5.93. The molecule has 1 unspecified atom stereocenters. The Bertz CT molecular complexity index is 525. The molecule has 1 atom stereocenters. The van der Waals surface area contributed by atoms with Crippen molar-refractivity contribution in [2.45, 2.75) is 25.3 Å². The monoisotopic (exact) mass is 278 g/mol. The standard InChI is InChI=1S/C14H18N2O4/c17-13(11-4-5-12(20-11)14(18)19)16-8-7-15-6-2-1-3-10(15)9-16/h4-5,10H,1-3,6-9H2,(H,18,19). The van der Waals surface area contributed by atoms with Crippen LogP contribution in [0.5, 0.6) is 0 Å². The number of carbonyl (C=O) groups is 2. The molecule has 1 amide bonds.